The molecule has 7 heteroatoms. The Bertz CT molecular complexity index is 745. The Hall–Kier alpha value is -2.54. The van der Waals surface area contributed by atoms with E-state index in [0.717, 1.165) is 16.1 Å². The van der Waals surface area contributed by atoms with Crippen LogP contribution in [0.15, 0.2) is 52.4 Å². The van der Waals surface area contributed by atoms with Gasteiger partial charge in [-0.25, -0.2) is 4.99 Å². The van der Waals surface area contributed by atoms with Crippen LogP contribution in [0.2, 0.25) is 0 Å². The second-order valence-corrected chi connectivity index (χ2v) is 6.37. The normalized spacial score (nSPS) is 12.5. The maximum Gasteiger partial charge on any atom is 0.193 e. The Kier molecular flexibility index (Phi) is 6.20. The lowest BCUT2D eigenvalue weighted by Crippen LogP contribution is -2.22. The molecule has 0 aliphatic rings. The number of guanidine groups is 1. The van der Waals surface area contributed by atoms with Crippen molar-refractivity contribution in [3.05, 3.63) is 48.0 Å². The molecule has 0 saturated heterocycles. The van der Waals surface area contributed by atoms with Crippen LogP contribution in [-0.4, -0.2) is 30.6 Å². The molecule has 6 nitrogen and oxygen atoms in total. The number of ether oxygens (including phenoxy) is 2. The number of nitrogens with one attached hydrogen (secondary N) is 1. The maximum absolute atomic E-state index is 11.4. The smallest absolute Gasteiger partial charge is 0.193 e. The third-order valence-electron chi connectivity index (χ3n) is 3.34. The number of hydrogen-bond donors (Lipinski definition) is 2. The van der Waals surface area contributed by atoms with Crippen LogP contribution in [0.4, 0.5) is 5.69 Å². The van der Waals surface area contributed by atoms with Crippen molar-refractivity contribution in [1.29, 1.82) is 0 Å². The SMILES string of the molecule is COc1ccc(NC(N)=NCc2ccc(S(C)=O)cc2)cc1OC. The monoisotopic (exact) mass is 347 g/mol. The van der Waals surface area contributed by atoms with Gasteiger partial charge in [0.05, 0.1) is 20.8 Å². The molecule has 0 spiro atoms. The van der Waals surface area contributed by atoms with Gasteiger partial charge in [0.1, 0.15) is 0 Å². The fraction of sp³-hybridized carbons (Fsp3) is 0.235. The van der Waals surface area contributed by atoms with Crippen LogP contribution in [0.5, 0.6) is 11.5 Å². The summed E-state index contributed by atoms with van der Waals surface area (Å²) in [6.07, 6.45) is 1.65. The predicted octanol–water partition coefficient (Wildman–Crippen LogP) is 2.37. The summed E-state index contributed by atoms with van der Waals surface area (Å²) < 4.78 is 21.8. The molecule has 3 N–H and O–H groups in total. The second kappa shape index (κ2) is 8.35. The van der Waals surface area contributed by atoms with Crippen LogP contribution < -0.4 is 20.5 Å². The van der Waals surface area contributed by atoms with Gasteiger partial charge in [0.2, 0.25) is 0 Å². The summed E-state index contributed by atoms with van der Waals surface area (Å²) in [6.45, 7) is 0.433. The minimum Gasteiger partial charge on any atom is -0.493 e. The lowest BCUT2D eigenvalue weighted by atomic mass is 10.2. The van der Waals surface area contributed by atoms with Gasteiger partial charge in [-0.1, -0.05) is 12.1 Å². The highest BCUT2D eigenvalue weighted by Gasteiger charge is 2.05. The van der Waals surface area contributed by atoms with E-state index in [1.165, 1.54) is 0 Å². The third kappa shape index (κ3) is 4.73. The molecule has 0 bridgehead atoms. The topological polar surface area (TPSA) is 85.9 Å². The number of methoxy groups -OCH3 is 2. The van der Waals surface area contributed by atoms with E-state index in [-0.39, 0.29) is 0 Å². The van der Waals surface area contributed by atoms with E-state index >= 15 is 0 Å². The molecule has 0 aliphatic carbocycles. The van der Waals surface area contributed by atoms with E-state index in [2.05, 4.69) is 10.3 Å². The van der Waals surface area contributed by atoms with Crippen LogP contribution in [-0.2, 0) is 17.3 Å². The minimum atomic E-state index is -0.978. The van der Waals surface area contributed by atoms with E-state index < -0.39 is 10.8 Å². The number of nitrogens with zero attached hydrogens (tertiary/aromatic N) is 1. The Balaban J connectivity index is 2.02. The summed E-state index contributed by atoms with van der Waals surface area (Å²) in [6, 6.07) is 12.9. The largest absolute Gasteiger partial charge is 0.493 e. The molecule has 0 amide bonds. The zero-order chi connectivity index (χ0) is 17.5. The standard InChI is InChI=1S/C17H21N3O3S/c1-22-15-9-6-13(10-16(15)23-2)20-17(18)19-11-12-4-7-14(8-5-12)24(3)21/h4-10H,11H2,1-3H3,(H3,18,19,20). The van der Waals surface area contributed by atoms with E-state index in [1.807, 2.05) is 30.3 Å². The van der Waals surface area contributed by atoms with Gasteiger partial charge < -0.3 is 20.5 Å². The van der Waals surface area contributed by atoms with E-state index in [9.17, 15) is 4.21 Å². The third-order valence-corrected chi connectivity index (χ3v) is 4.28. The highest BCUT2D eigenvalue weighted by Crippen LogP contribution is 2.29. The molecule has 0 aliphatic heterocycles. The first-order chi connectivity index (χ1) is 11.5. The first-order valence-electron chi connectivity index (χ1n) is 7.25. The lowest BCUT2D eigenvalue weighted by Gasteiger charge is -2.11. The summed E-state index contributed by atoms with van der Waals surface area (Å²) in [7, 11) is 2.18. The van der Waals surface area contributed by atoms with E-state index in [1.54, 1.807) is 32.6 Å². The number of hydrogen-bond acceptors (Lipinski definition) is 4. The molecule has 0 radical (unpaired) electrons. The van der Waals surface area contributed by atoms with Crippen LogP contribution in [0, 0.1) is 0 Å². The van der Waals surface area contributed by atoms with Gasteiger partial charge >= 0.3 is 0 Å². The summed E-state index contributed by atoms with van der Waals surface area (Å²) in [5.41, 5.74) is 7.65. The zero-order valence-electron chi connectivity index (χ0n) is 13.9. The lowest BCUT2D eigenvalue weighted by molar-refractivity contribution is 0.355. The van der Waals surface area contributed by atoms with Crippen molar-refractivity contribution in [2.45, 2.75) is 11.4 Å². The van der Waals surface area contributed by atoms with Crippen molar-refractivity contribution in [3.63, 3.8) is 0 Å². The summed E-state index contributed by atoms with van der Waals surface area (Å²) in [5, 5.41) is 3.01. The molecule has 2 rings (SSSR count). The van der Waals surface area contributed by atoms with E-state index in [4.69, 9.17) is 15.2 Å². The van der Waals surface area contributed by atoms with Gasteiger partial charge in [-0.2, -0.15) is 0 Å². The van der Waals surface area contributed by atoms with Crippen molar-refractivity contribution in [2.24, 2.45) is 10.7 Å². The van der Waals surface area contributed by atoms with Gasteiger partial charge in [-0.05, 0) is 29.8 Å². The molecule has 1 unspecified atom stereocenters. The first-order valence-corrected chi connectivity index (χ1v) is 8.80. The fourth-order valence-corrected chi connectivity index (χ4v) is 2.58. The Morgan fingerprint density at radius 2 is 1.79 bits per heavy atom. The average molecular weight is 347 g/mol. The highest BCUT2D eigenvalue weighted by molar-refractivity contribution is 7.84. The van der Waals surface area contributed by atoms with Gasteiger partial charge in [0.25, 0.3) is 0 Å². The van der Waals surface area contributed by atoms with Crippen molar-refractivity contribution >= 4 is 22.4 Å². The number of nitrogens with two attached hydrogens (primary N) is 1. The second-order valence-electron chi connectivity index (χ2n) is 4.99. The number of anilines is 1. The van der Waals surface area contributed by atoms with Crippen LogP contribution in [0.25, 0.3) is 0 Å². The van der Waals surface area contributed by atoms with Crippen LogP contribution in [0.1, 0.15) is 5.56 Å². The summed E-state index contributed by atoms with van der Waals surface area (Å²) in [5.74, 6) is 1.55. The number of aliphatic imine (C=N–C) groups is 1. The fourth-order valence-electron chi connectivity index (χ4n) is 2.06. The highest BCUT2D eigenvalue weighted by atomic mass is 32.2. The predicted molar refractivity (Wildman–Crippen MR) is 97.3 cm³/mol. The minimum absolute atomic E-state index is 0.297. The van der Waals surface area contributed by atoms with Crippen molar-refractivity contribution < 1.29 is 13.7 Å². The average Bonchev–Trinajstić information content (AvgIpc) is 2.60. The molecule has 0 aromatic heterocycles. The van der Waals surface area contributed by atoms with Crippen molar-refractivity contribution in [2.75, 3.05) is 25.8 Å². The number of benzene rings is 2. The molecular weight excluding hydrogens is 326 g/mol. The quantitative estimate of drug-likeness (QED) is 0.619. The first kappa shape index (κ1) is 17.8. The summed E-state index contributed by atoms with van der Waals surface area (Å²) in [4.78, 5) is 5.09. The zero-order valence-corrected chi connectivity index (χ0v) is 14.7. The van der Waals surface area contributed by atoms with Gasteiger partial charge in [0.15, 0.2) is 17.5 Å². The van der Waals surface area contributed by atoms with Crippen LogP contribution >= 0.6 is 0 Å². The van der Waals surface area contributed by atoms with Crippen molar-refractivity contribution in [3.8, 4) is 11.5 Å². The van der Waals surface area contributed by atoms with Gasteiger partial charge in [0, 0.05) is 33.7 Å². The van der Waals surface area contributed by atoms with Crippen molar-refractivity contribution in [1.82, 2.24) is 0 Å². The molecule has 2 aromatic rings. The molecular formula is C17H21N3O3S. The molecule has 128 valence electrons. The van der Waals surface area contributed by atoms with Crippen LogP contribution in [0.3, 0.4) is 0 Å². The molecule has 24 heavy (non-hydrogen) atoms. The Labute approximate surface area is 144 Å². The Morgan fingerprint density at radius 1 is 1.12 bits per heavy atom. The molecule has 0 heterocycles. The van der Waals surface area contributed by atoms with Gasteiger partial charge in [-0.15, -0.1) is 0 Å². The molecule has 0 fully saturated rings. The molecule has 2 aromatic carbocycles. The van der Waals surface area contributed by atoms with Gasteiger partial charge in [-0.3, -0.25) is 4.21 Å². The number of rotatable bonds is 6. The maximum atomic E-state index is 11.4. The molecule has 0 saturated carbocycles. The summed E-state index contributed by atoms with van der Waals surface area (Å²) >= 11 is 0. The molecule has 1 atom stereocenters. The Morgan fingerprint density at radius 3 is 2.38 bits per heavy atom. The van der Waals surface area contributed by atoms with E-state index in [0.29, 0.717) is 24.0 Å².